The third-order valence-electron chi connectivity index (χ3n) is 6.06. The fraction of sp³-hybridized carbons (Fsp3) is 0.476. The van der Waals surface area contributed by atoms with Crippen molar-refractivity contribution in [3.63, 3.8) is 0 Å². The van der Waals surface area contributed by atoms with Gasteiger partial charge < -0.3 is 9.64 Å². The molecule has 1 aliphatic carbocycles. The molecule has 3 aliphatic rings. The van der Waals surface area contributed by atoms with Crippen LogP contribution in [0.2, 0.25) is 0 Å². The number of hydrogen-bond acceptors (Lipinski definition) is 4. The lowest BCUT2D eigenvalue weighted by Crippen LogP contribution is -2.61. The summed E-state index contributed by atoms with van der Waals surface area (Å²) in [5.41, 5.74) is 2.65. The van der Waals surface area contributed by atoms with Gasteiger partial charge >= 0.3 is 0 Å². The van der Waals surface area contributed by atoms with Crippen LogP contribution in [-0.4, -0.2) is 33.9 Å². The van der Waals surface area contributed by atoms with E-state index in [2.05, 4.69) is 4.98 Å². The molecule has 2 fully saturated rings. The number of aromatic nitrogens is 2. The molecular formula is C21H23N3O2. The lowest BCUT2D eigenvalue weighted by atomic mass is 9.86. The first kappa shape index (κ1) is 15.9. The minimum absolute atomic E-state index is 0.279. The van der Waals surface area contributed by atoms with Crippen molar-refractivity contribution in [1.29, 1.82) is 0 Å². The van der Waals surface area contributed by atoms with Gasteiger partial charge in [0.1, 0.15) is 5.60 Å². The third kappa shape index (κ3) is 2.62. The average molecular weight is 349 g/mol. The van der Waals surface area contributed by atoms with Crippen molar-refractivity contribution in [2.45, 2.75) is 44.3 Å². The van der Waals surface area contributed by atoms with Crippen molar-refractivity contribution < 1.29 is 9.53 Å². The van der Waals surface area contributed by atoms with Crippen LogP contribution in [0.5, 0.6) is 0 Å². The molecule has 1 spiro atoms. The van der Waals surface area contributed by atoms with Crippen molar-refractivity contribution in [3.8, 4) is 11.4 Å². The average Bonchev–Trinajstić information content (AvgIpc) is 3.28. The molecular weight excluding hydrogens is 326 g/mol. The zero-order chi connectivity index (χ0) is 17.6. The molecule has 0 radical (unpaired) electrons. The number of hydrogen-bond donors (Lipinski definition) is 0. The highest BCUT2D eigenvalue weighted by Gasteiger charge is 2.52. The fourth-order valence-electron chi connectivity index (χ4n) is 4.52. The number of carbonyl (C=O) groups is 1. The third-order valence-corrected chi connectivity index (χ3v) is 6.06. The van der Waals surface area contributed by atoms with Crippen LogP contribution in [0.15, 0.2) is 36.5 Å². The Morgan fingerprint density at radius 3 is 2.73 bits per heavy atom. The molecule has 1 aromatic carbocycles. The van der Waals surface area contributed by atoms with Gasteiger partial charge in [-0.25, -0.2) is 9.97 Å². The Balaban J connectivity index is 1.30. The van der Waals surface area contributed by atoms with Crippen LogP contribution in [0.25, 0.3) is 11.4 Å². The smallest absolute Gasteiger partial charge is 0.223 e. The molecule has 0 unspecified atom stereocenters. The van der Waals surface area contributed by atoms with Crippen LogP contribution < -0.4 is 0 Å². The predicted molar refractivity (Wildman–Crippen MR) is 97.1 cm³/mol. The second-order valence-corrected chi connectivity index (χ2v) is 7.81. The zero-order valence-electron chi connectivity index (χ0n) is 14.9. The van der Waals surface area contributed by atoms with Gasteiger partial charge in [-0.15, -0.1) is 0 Å². The van der Waals surface area contributed by atoms with Crippen LogP contribution in [0, 0.1) is 5.92 Å². The molecule has 3 heterocycles. The fourth-order valence-corrected chi connectivity index (χ4v) is 4.52. The minimum Gasteiger partial charge on any atom is -0.360 e. The highest BCUT2D eigenvalue weighted by Crippen LogP contribution is 2.43. The molecule has 0 atom stereocenters. The Hall–Kier alpha value is -2.27. The van der Waals surface area contributed by atoms with Crippen LogP contribution in [0.1, 0.15) is 43.4 Å². The number of carbonyl (C=O) groups excluding carboxylic acids is 1. The summed E-state index contributed by atoms with van der Waals surface area (Å²) >= 11 is 0. The van der Waals surface area contributed by atoms with E-state index in [1.165, 1.54) is 25.7 Å². The Morgan fingerprint density at radius 2 is 1.96 bits per heavy atom. The molecule has 5 rings (SSSR count). The van der Waals surface area contributed by atoms with E-state index in [4.69, 9.17) is 9.72 Å². The number of amides is 1. The first-order valence-corrected chi connectivity index (χ1v) is 9.57. The van der Waals surface area contributed by atoms with Crippen molar-refractivity contribution in [1.82, 2.24) is 14.9 Å². The van der Waals surface area contributed by atoms with Gasteiger partial charge in [-0.3, -0.25) is 4.79 Å². The van der Waals surface area contributed by atoms with Crippen molar-refractivity contribution in [2.75, 3.05) is 13.1 Å². The SMILES string of the molecule is O=C(CC1CCCC1)N1CC2(C1)OCc1nc(-c3ccccc3)ncc12. The molecule has 1 saturated heterocycles. The zero-order valence-corrected chi connectivity index (χ0v) is 14.9. The Labute approximate surface area is 153 Å². The van der Waals surface area contributed by atoms with Gasteiger partial charge in [0.15, 0.2) is 5.82 Å². The van der Waals surface area contributed by atoms with E-state index in [9.17, 15) is 4.79 Å². The van der Waals surface area contributed by atoms with E-state index in [1.807, 2.05) is 41.4 Å². The predicted octanol–water partition coefficient (Wildman–Crippen LogP) is 3.29. The summed E-state index contributed by atoms with van der Waals surface area (Å²) in [5.74, 6) is 1.60. The van der Waals surface area contributed by atoms with Crippen molar-refractivity contribution in [2.24, 2.45) is 5.92 Å². The number of likely N-dealkylation sites (tertiary alicyclic amines) is 1. The Kier molecular flexibility index (Phi) is 3.78. The Morgan fingerprint density at radius 1 is 1.19 bits per heavy atom. The van der Waals surface area contributed by atoms with Crippen LogP contribution >= 0.6 is 0 Å². The molecule has 5 heteroatoms. The van der Waals surface area contributed by atoms with Crippen LogP contribution in [0.3, 0.4) is 0 Å². The lowest BCUT2D eigenvalue weighted by Gasteiger charge is -2.47. The van der Waals surface area contributed by atoms with Gasteiger partial charge in [0.25, 0.3) is 0 Å². The van der Waals surface area contributed by atoms with E-state index in [1.54, 1.807) is 0 Å². The van der Waals surface area contributed by atoms with Gasteiger partial charge in [-0.2, -0.15) is 0 Å². The number of fused-ring (bicyclic) bond motifs is 2. The van der Waals surface area contributed by atoms with Crippen LogP contribution in [0.4, 0.5) is 0 Å². The van der Waals surface area contributed by atoms with Gasteiger partial charge in [0, 0.05) is 23.7 Å². The first-order valence-electron chi connectivity index (χ1n) is 9.57. The molecule has 0 bridgehead atoms. The number of ether oxygens (including phenoxy) is 1. The topological polar surface area (TPSA) is 55.3 Å². The minimum atomic E-state index is -0.379. The molecule has 2 aromatic rings. The van der Waals surface area contributed by atoms with E-state index >= 15 is 0 Å². The normalized spacial score (nSPS) is 21.0. The molecule has 134 valence electrons. The molecule has 1 amide bonds. The second-order valence-electron chi connectivity index (χ2n) is 7.81. The largest absolute Gasteiger partial charge is 0.360 e. The highest BCUT2D eigenvalue weighted by atomic mass is 16.5. The molecule has 1 saturated carbocycles. The standard InChI is InChI=1S/C21H23N3O2/c25-19(10-15-6-4-5-7-15)24-13-21(14-24)17-11-22-20(23-18(17)12-26-21)16-8-2-1-3-9-16/h1-3,8-9,11,15H,4-7,10,12-14H2. The second kappa shape index (κ2) is 6.16. The molecule has 5 nitrogen and oxygen atoms in total. The first-order chi connectivity index (χ1) is 12.7. The quantitative estimate of drug-likeness (QED) is 0.853. The summed E-state index contributed by atoms with van der Waals surface area (Å²) in [4.78, 5) is 23.7. The van der Waals surface area contributed by atoms with Crippen molar-refractivity contribution >= 4 is 5.91 Å². The summed E-state index contributed by atoms with van der Waals surface area (Å²) in [5, 5.41) is 0. The molecule has 1 aromatic heterocycles. The maximum atomic E-state index is 12.5. The van der Waals surface area contributed by atoms with E-state index in [-0.39, 0.29) is 11.5 Å². The number of benzene rings is 1. The van der Waals surface area contributed by atoms with Gasteiger partial charge in [-0.1, -0.05) is 43.2 Å². The Bertz CT molecular complexity index is 824. The number of rotatable bonds is 3. The highest BCUT2D eigenvalue weighted by molar-refractivity contribution is 5.78. The maximum absolute atomic E-state index is 12.5. The molecule has 2 aliphatic heterocycles. The van der Waals surface area contributed by atoms with Gasteiger partial charge in [0.2, 0.25) is 5.91 Å². The number of nitrogens with zero attached hydrogens (tertiary/aromatic N) is 3. The summed E-state index contributed by atoms with van der Waals surface area (Å²) in [6, 6.07) is 9.99. The van der Waals surface area contributed by atoms with E-state index in [0.29, 0.717) is 32.0 Å². The van der Waals surface area contributed by atoms with Gasteiger partial charge in [0.05, 0.1) is 25.4 Å². The molecule has 26 heavy (non-hydrogen) atoms. The molecule has 0 N–H and O–H groups in total. The van der Waals surface area contributed by atoms with Crippen molar-refractivity contribution in [3.05, 3.63) is 47.8 Å². The summed E-state index contributed by atoms with van der Waals surface area (Å²) in [6.07, 6.45) is 7.57. The summed E-state index contributed by atoms with van der Waals surface area (Å²) in [7, 11) is 0. The summed E-state index contributed by atoms with van der Waals surface area (Å²) < 4.78 is 6.09. The monoisotopic (exact) mass is 349 g/mol. The van der Waals surface area contributed by atoms with E-state index in [0.717, 1.165) is 22.6 Å². The van der Waals surface area contributed by atoms with E-state index < -0.39 is 0 Å². The van der Waals surface area contributed by atoms with Gasteiger partial charge in [-0.05, 0) is 18.8 Å². The van der Waals surface area contributed by atoms with Crippen LogP contribution in [-0.2, 0) is 21.7 Å². The lowest BCUT2D eigenvalue weighted by molar-refractivity contribution is -0.169. The maximum Gasteiger partial charge on any atom is 0.223 e. The summed E-state index contributed by atoms with van der Waals surface area (Å²) in [6.45, 7) is 1.78.